The highest BCUT2D eigenvalue weighted by Gasteiger charge is 2.11. The van der Waals surface area contributed by atoms with E-state index < -0.39 is 0 Å². The van der Waals surface area contributed by atoms with Crippen molar-refractivity contribution < 1.29 is 4.79 Å². The number of hydrogen-bond donors (Lipinski definition) is 2. The molecule has 0 aliphatic carbocycles. The second-order valence-electron chi connectivity index (χ2n) is 5.55. The summed E-state index contributed by atoms with van der Waals surface area (Å²) >= 11 is 0. The van der Waals surface area contributed by atoms with Gasteiger partial charge in [-0.25, -0.2) is 0 Å². The lowest BCUT2D eigenvalue weighted by Gasteiger charge is -2.08. The third-order valence-electron chi connectivity index (χ3n) is 3.65. The Bertz CT molecular complexity index is 830. The number of hydrogen-bond acceptors (Lipinski definition) is 1. The van der Waals surface area contributed by atoms with E-state index in [2.05, 4.69) is 16.4 Å². The standard InChI is InChI=1S/C18H18N2O/c1-11-5-7-15(13(3)8-11)20-18(21)17-10-14-6-4-12(2)9-16(14)19-17/h4-10,19H,1-3H3,(H,20,21). The molecule has 0 bridgehead atoms. The molecule has 1 heterocycles. The number of benzene rings is 2. The summed E-state index contributed by atoms with van der Waals surface area (Å²) < 4.78 is 0. The number of aryl methyl sites for hydroxylation is 3. The van der Waals surface area contributed by atoms with Crippen LogP contribution >= 0.6 is 0 Å². The van der Waals surface area contributed by atoms with E-state index >= 15 is 0 Å². The van der Waals surface area contributed by atoms with Crippen LogP contribution in [0.25, 0.3) is 10.9 Å². The molecular weight excluding hydrogens is 260 g/mol. The number of aromatic amines is 1. The Hall–Kier alpha value is -2.55. The summed E-state index contributed by atoms with van der Waals surface area (Å²) in [6.45, 7) is 6.07. The van der Waals surface area contributed by atoms with E-state index in [-0.39, 0.29) is 5.91 Å². The molecule has 0 aliphatic rings. The largest absolute Gasteiger partial charge is 0.351 e. The van der Waals surface area contributed by atoms with Gasteiger partial charge < -0.3 is 10.3 Å². The average Bonchev–Trinajstić information content (AvgIpc) is 2.85. The molecule has 3 heteroatoms. The summed E-state index contributed by atoms with van der Waals surface area (Å²) in [5.74, 6) is -0.115. The summed E-state index contributed by atoms with van der Waals surface area (Å²) in [7, 11) is 0. The first kappa shape index (κ1) is 13.4. The molecule has 1 aromatic heterocycles. The third kappa shape index (κ3) is 2.68. The molecule has 0 atom stereocenters. The van der Waals surface area contributed by atoms with Crippen LogP contribution in [-0.4, -0.2) is 10.9 Å². The summed E-state index contributed by atoms with van der Waals surface area (Å²) in [6, 6.07) is 14.0. The van der Waals surface area contributed by atoms with Crippen LogP contribution < -0.4 is 5.32 Å². The minimum Gasteiger partial charge on any atom is -0.351 e. The Labute approximate surface area is 124 Å². The van der Waals surface area contributed by atoms with Gasteiger partial charge in [-0.05, 0) is 50.1 Å². The molecule has 1 amide bonds. The fraction of sp³-hybridized carbons (Fsp3) is 0.167. The van der Waals surface area contributed by atoms with Gasteiger partial charge in [-0.2, -0.15) is 0 Å². The predicted octanol–water partition coefficient (Wildman–Crippen LogP) is 4.35. The zero-order valence-electron chi connectivity index (χ0n) is 12.4. The highest BCUT2D eigenvalue weighted by molar-refractivity contribution is 6.06. The van der Waals surface area contributed by atoms with E-state index in [1.165, 1.54) is 11.1 Å². The number of aromatic nitrogens is 1. The van der Waals surface area contributed by atoms with Gasteiger partial charge >= 0.3 is 0 Å². The number of carbonyl (C=O) groups excluding carboxylic acids is 1. The Morgan fingerprint density at radius 3 is 2.43 bits per heavy atom. The quantitative estimate of drug-likeness (QED) is 0.719. The van der Waals surface area contributed by atoms with Crippen LogP contribution in [-0.2, 0) is 0 Å². The predicted molar refractivity (Wildman–Crippen MR) is 86.9 cm³/mol. The Morgan fingerprint density at radius 2 is 1.67 bits per heavy atom. The Morgan fingerprint density at radius 1 is 0.952 bits per heavy atom. The van der Waals surface area contributed by atoms with Crippen molar-refractivity contribution >= 4 is 22.5 Å². The first-order valence-corrected chi connectivity index (χ1v) is 7.01. The van der Waals surface area contributed by atoms with Gasteiger partial charge in [0.15, 0.2) is 0 Å². The fourth-order valence-electron chi connectivity index (χ4n) is 2.51. The van der Waals surface area contributed by atoms with Crippen LogP contribution in [0.4, 0.5) is 5.69 Å². The smallest absolute Gasteiger partial charge is 0.272 e. The molecular formula is C18H18N2O. The van der Waals surface area contributed by atoms with Crippen molar-refractivity contribution in [1.82, 2.24) is 4.98 Å². The van der Waals surface area contributed by atoms with Gasteiger partial charge in [0.25, 0.3) is 5.91 Å². The molecule has 0 saturated carbocycles. The van der Waals surface area contributed by atoms with Gasteiger partial charge in [-0.15, -0.1) is 0 Å². The molecule has 0 aliphatic heterocycles. The van der Waals surface area contributed by atoms with Crippen molar-refractivity contribution in [2.24, 2.45) is 0 Å². The number of anilines is 1. The Kier molecular flexibility index (Phi) is 3.26. The third-order valence-corrected chi connectivity index (χ3v) is 3.65. The second-order valence-corrected chi connectivity index (χ2v) is 5.55. The number of rotatable bonds is 2. The van der Waals surface area contributed by atoms with Gasteiger partial charge in [-0.1, -0.05) is 29.8 Å². The molecule has 3 rings (SSSR count). The van der Waals surface area contributed by atoms with E-state index in [0.717, 1.165) is 22.2 Å². The monoisotopic (exact) mass is 278 g/mol. The van der Waals surface area contributed by atoms with Crippen molar-refractivity contribution in [3.05, 3.63) is 64.8 Å². The Balaban J connectivity index is 1.89. The molecule has 21 heavy (non-hydrogen) atoms. The summed E-state index contributed by atoms with van der Waals surface area (Å²) in [5, 5.41) is 4.01. The molecule has 0 radical (unpaired) electrons. The minimum atomic E-state index is -0.115. The molecule has 0 spiro atoms. The lowest BCUT2D eigenvalue weighted by atomic mass is 10.1. The van der Waals surface area contributed by atoms with Crippen LogP contribution in [0, 0.1) is 20.8 Å². The van der Waals surface area contributed by atoms with Gasteiger partial charge in [0, 0.05) is 16.6 Å². The van der Waals surface area contributed by atoms with Crippen LogP contribution in [0.2, 0.25) is 0 Å². The zero-order valence-corrected chi connectivity index (χ0v) is 12.4. The molecule has 3 nitrogen and oxygen atoms in total. The van der Waals surface area contributed by atoms with Crippen LogP contribution in [0.3, 0.4) is 0 Å². The van der Waals surface area contributed by atoms with Crippen LogP contribution in [0.1, 0.15) is 27.2 Å². The summed E-state index contributed by atoms with van der Waals surface area (Å²) in [5.41, 5.74) is 5.84. The highest BCUT2D eigenvalue weighted by atomic mass is 16.1. The number of amides is 1. The molecule has 2 N–H and O–H groups in total. The van der Waals surface area contributed by atoms with Gasteiger partial charge in [0.05, 0.1) is 0 Å². The summed E-state index contributed by atoms with van der Waals surface area (Å²) in [4.78, 5) is 15.5. The molecule has 0 unspecified atom stereocenters. The van der Waals surface area contributed by atoms with Crippen molar-refractivity contribution in [2.75, 3.05) is 5.32 Å². The maximum atomic E-state index is 12.4. The van der Waals surface area contributed by atoms with Gasteiger partial charge in [-0.3, -0.25) is 4.79 Å². The zero-order chi connectivity index (χ0) is 15.0. The van der Waals surface area contributed by atoms with Gasteiger partial charge in [0.2, 0.25) is 0 Å². The number of H-pyrrole nitrogens is 1. The van der Waals surface area contributed by atoms with Crippen molar-refractivity contribution in [2.45, 2.75) is 20.8 Å². The highest BCUT2D eigenvalue weighted by Crippen LogP contribution is 2.20. The fourth-order valence-corrected chi connectivity index (χ4v) is 2.51. The van der Waals surface area contributed by atoms with E-state index in [0.29, 0.717) is 5.69 Å². The number of nitrogens with one attached hydrogen (secondary N) is 2. The maximum Gasteiger partial charge on any atom is 0.272 e. The van der Waals surface area contributed by atoms with Crippen LogP contribution in [0.15, 0.2) is 42.5 Å². The summed E-state index contributed by atoms with van der Waals surface area (Å²) in [6.07, 6.45) is 0. The van der Waals surface area contributed by atoms with E-state index in [1.807, 2.05) is 57.2 Å². The van der Waals surface area contributed by atoms with Crippen molar-refractivity contribution in [3.8, 4) is 0 Å². The maximum absolute atomic E-state index is 12.4. The first-order valence-electron chi connectivity index (χ1n) is 7.01. The van der Waals surface area contributed by atoms with E-state index in [1.54, 1.807) is 0 Å². The lowest BCUT2D eigenvalue weighted by molar-refractivity contribution is 0.102. The minimum absolute atomic E-state index is 0.115. The molecule has 3 aromatic rings. The number of fused-ring (bicyclic) bond motifs is 1. The lowest BCUT2D eigenvalue weighted by Crippen LogP contribution is -2.13. The first-order chi connectivity index (χ1) is 10.0. The average molecular weight is 278 g/mol. The molecule has 2 aromatic carbocycles. The SMILES string of the molecule is Cc1ccc(NC(=O)c2cc3ccc(C)cc3[nH]2)c(C)c1. The molecule has 106 valence electrons. The van der Waals surface area contributed by atoms with Gasteiger partial charge in [0.1, 0.15) is 5.69 Å². The topological polar surface area (TPSA) is 44.9 Å². The second kappa shape index (κ2) is 5.09. The van der Waals surface area contributed by atoms with Crippen molar-refractivity contribution in [1.29, 1.82) is 0 Å². The van der Waals surface area contributed by atoms with E-state index in [9.17, 15) is 4.79 Å². The molecule has 0 fully saturated rings. The number of carbonyl (C=O) groups is 1. The molecule has 0 saturated heterocycles. The normalized spacial score (nSPS) is 10.8. The van der Waals surface area contributed by atoms with Crippen LogP contribution in [0.5, 0.6) is 0 Å². The van der Waals surface area contributed by atoms with E-state index in [4.69, 9.17) is 0 Å². The van der Waals surface area contributed by atoms with Crippen molar-refractivity contribution in [3.63, 3.8) is 0 Å².